The fourth-order valence-electron chi connectivity index (χ4n) is 5.40. The molecular formula is C29H36FN5O3. The van der Waals surface area contributed by atoms with Gasteiger partial charge < -0.3 is 20.4 Å². The predicted octanol–water partition coefficient (Wildman–Crippen LogP) is 4.98. The monoisotopic (exact) mass is 521 g/mol. The molecule has 0 radical (unpaired) electrons. The number of H-pyrrole nitrogens is 1. The average Bonchev–Trinajstić information content (AvgIpc) is 3.66. The number of rotatable bonds is 8. The number of aryl methyl sites for hydroxylation is 2. The molecule has 1 aromatic carbocycles. The molecule has 2 saturated carbocycles. The Kier molecular flexibility index (Phi) is 7.36. The molecule has 5 rings (SSSR count). The number of hydrogen-bond donors (Lipinski definition) is 3. The van der Waals surface area contributed by atoms with Gasteiger partial charge >= 0.3 is 0 Å². The van der Waals surface area contributed by atoms with Gasteiger partial charge in [0.05, 0.1) is 23.3 Å². The lowest BCUT2D eigenvalue weighted by Gasteiger charge is -2.35. The average molecular weight is 522 g/mol. The lowest BCUT2D eigenvalue weighted by atomic mass is 9.82. The van der Waals surface area contributed by atoms with E-state index in [2.05, 4.69) is 32.5 Å². The minimum absolute atomic E-state index is 0.0143. The summed E-state index contributed by atoms with van der Waals surface area (Å²) in [6.07, 6.45) is 6.50. The summed E-state index contributed by atoms with van der Waals surface area (Å²) in [5, 5.41) is 6.26. The quantitative estimate of drug-likeness (QED) is 0.387. The highest BCUT2D eigenvalue weighted by Crippen LogP contribution is 2.39. The van der Waals surface area contributed by atoms with Crippen molar-refractivity contribution in [1.82, 2.24) is 25.6 Å². The number of aromatic nitrogens is 3. The Balaban J connectivity index is 1.42. The molecule has 3 aromatic rings. The summed E-state index contributed by atoms with van der Waals surface area (Å²) in [6, 6.07) is 3.62. The van der Waals surface area contributed by atoms with E-state index in [1.165, 1.54) is 6.33 Å². The van der Waals surface area contributed by atoms with E-state index in [0.717, 1.165) is 32.1 Å². The zero-order valence-corrected chi connectivity index (χ0v) is 22.5. The van der Waals surface area contributed by atoms with Crippen molar-refractivity contribution < 1.29 is 18.7 Å². The first-order valence-corrected chi connectivity index (χ1v) is 13.6. The van der Waals surface area contributed by atoms with Crippen molar-refractivity contribution in [2.24, 2.45) is 11.8 Å². The number of nitrogens with one attached hydrogen (secondary N) is 3. The highest BCUT2D eigenvalue weighted by Gasteiger charge is 2.31. The van der Waals surface area contributed by atoms with Crippen molar-refractivity contribution in [2.45, 2.75) is 78.3 Å². The van der Waals surface area contributed by atoms with E-state index >= 15 is 4.39 Å². The maximum Gasteiger partial charge on any atom is 0.255 e. The summed E-state index contributed by atoms with van der Waals surface area (Å²) in [7, 11) is 0. The third-order valence-electron chi connectivity index (χ3n) is 7.88. The summed E-state index contributed by atoms with van der Waals surface area (Å²) in [4.78, 5) is 37.4. The Labute approximate surface area is 222 Å². The van der Waals surface area contributed by atoms with Crippen LogP contribution in [0.4, 0.5) is 4.39 Å². The number of aromatic amines is 1. The van der Waals surface area contributed by atoms with E-state index < -0.39 is 5.82 Å². The van der Waals surface area contributed by atoms with Crippen LogP contribution >= 0.6 is 0 Å². The van der Waals surface area contributed by atoms with Crippen LogP contribution in [0.2, 0.25) is 0 Å². The predicted molar refractivity (Wildman–Crippen MR) is 143 cm³/mol. The van der Waals surface area contributed by atoms with Gasteiger partial charge in [-0.2, -0.15) is 0 Å². The Bertz CT molecular complexity index is 1370. The molecule has 2 aliphatic rings. The molecule has 0 aliphatic heterocycles. The maximum atomic E-state index is 15.5. The van der Waals surface area contributed by atoms with Gasteiger partial charge in [0, 0.05) is 24.2 Å². The lowest BCUT2D eigenvalue weighted by molar-refractivity contribution is -0.121. The number of hydrogen-bond acceptors (Lipinski definition) is 5. The van der Waals surface area contributed by atoms with Gasteiger partial charge in [-0.1, -0.05) is 19.9 Å². The second kappa shape index (κ2) is 10.7. The van der Waals surface area contributed by atoms with E-state index in [4.69, 9.17) is 4.74 Å². The van der Waals surface area contributed by atoms with E-state index in [-0.39, 0.29) is 35.4 Å². The van der Waals surface area contributed by atoms with Gasteiger partial charge in [0.15, 0.2) is 0 Å². The first-order valence-electron chi connectivity index (χ1n) is 13.6. The summed E-state index contributed by atoms with van der Waals surface area (Å²) in [5.41, 5.74) is 3.20. The summed E-state index contributed by atoms with van der Waals surface area (Å²) in [6.45, 7) is 8.02. The molecule has 2 fully saturated rings. The Morgan fingerprint density at radius 1 is 1.13 bits per heavy atom. The van der Waals surface area contributed by atoms with Crippen LogP contribution < -0.4 is 15.4 Å². The highest BCUT2D eigenvalue weighted by atomic mass is 19.1. The molecule has 3 N–H and O–H groups in total. The van der Waals surface area contributed by atoms with Crippen LogP contribution in [0, 0.1) is 31.5 Å². The van der Waals surface area contributed by atoms with E-state index in [9.17, 15) is 9.59 Å². The molecule has 0 bridgehead atoms. The highest BCUT2D eigenvalue weighted by molar-refractivity contribution is 6.09. The van der Waals surface area contributed by atoms with Crippen molar-refractivity contribution in [3.8, 4) is 17.0 Å². The second-order valence-corrected chi connectivity index (χ2v) is 10.9. The molecule has 0 spiro atoms. The van der Waals surface area contributed by atoms with Crippen LogP contribution in [0.1, 0.15) is 74.0 Å². The van der Waals surface area contributed by atoms with Crippen molar-refractivity contribution in [3.63, 3.8) is 0 Å². The fraction of sp³-hybridized carbons (Fsp3) is 0.517. The first-order chi connectivity index (χ1) is 18.3. The van der Waals surface area contributed by atoms with Crippen LogP contribution in [-0.4, -0.2) is 45.5 Å². The molecular weight excluding hydrogens is 485 g/mol. The molecule has 2 amide bonds. The molecule has 2 aliphatic carbocycles. The standard InChI is InChI=1S/C29H36FN5O3/c1-5-22(36)34-19-9-10-20(16(3)12-19)35-29(37)23-17(4)33-28-26(23)31-14-32-27(28)24-21(38-13-18-7-8-18)11-6-15(2)25(24)30/h6,11,14,16,18-20,33H,5,7-10,12-13H2,1-4H3,(H,34,36)(H,35,37)/t16-,19-,20-/m1/s1. The van der Waals surface area contributed by atoms with Gasteiger partial charge in [0.25, 0.3) is 5.91 Å². The van der Waals surface area contributed by atoms with Crippen LogP contribution in [0.15, 0.2) is 18.5 Å². The van der Waals surface area contributed by atoms with Crippen LogP contribution in [0.3, 0.4) is 0 Å². The van der Waals surface area contributed by atoms with Gasteiger partial charge in [0.2, 0.25) is 5.91 Å². The minimum Gasteiger partial charge on any atom is -0.492 e. The number of ether oxygens (including phenoxy) is 1. The summed E-state index contributed by atoms with van der Waals surface area (Å²) < 4.78 is 21.5. The third kappa shape index (κ3) is 5.24. The van der Waals surface area contributed by atoms with Gasteiger partial charge in [-0.05, 0) is 69.4 Å². The summed E-state index contributed by atoms with van der Waals surface area (Å²) >= 11 is 0. The lowest BCUT2D eigenvalue weighted by Crippen LogP contribution is -2.48. The first kappa shape index (κ1) is 26.1. The normalized spacial score (nSPS) is 21.3. The molecule has 9 heteroatoms. The molecule has 8 nitrogen and oxygen atoms in total. The number of benzene rings is 1. The van der Waals surface area contributed by atoms with Crippen LogP contribution in [0.5, 0.6) is 5.75 Å². The Morgan fingerprint density at radius 3 is 2.63 bits per heavy atom. The molecule has 38 heavy (non-hydrogen) atoms. The van der Waals surface area contributed by atoms with E-state index in [1.54, 1.807) is 19.1 Å². The van der Waals surface area contributed by atoms with Crippen molar-refractivity contribution in [2.75, 3.05) is 6.61 Å². The van der Waals surface area contributed by atoms with Crippen LogP contribution in [0.25, 0.3) is 22.3 Å². The Morgan fingerprint density at radius 2 is 1.92 bits per heavy atom. The van der Waals surface area contributed by atoms with Crippen LogP contribution in [-0.2, 0) is 4.79 Å². The maximum absolute atomic E-state index is 15.5. The van der Waals surface area contributed by atoms with Gasteiger partial charge in [-0.15, -0.1) is 0 Å². The fourth-order valence-corrected chi connectivity index (χ4v) is 5.40. The van der Waals surface area contributed by atoms with Gasteiger partial charge in [-0.25, -0.2) is 14.4 Å². The number of nitrogens with zero attached hydrogens (tertiary/aromatic N) is 2. The second-order valence-electron chi connectivity index (χ2n) is 10.9. The number of carbonyl (C=O) groups is 2. The molecule has 0 saturated heterocycles. The zero-order valence-electron chi connectivity index (χ0n) is 22.5. The van der Waals surface area contributed by atoms with Gasteiger partial charge in [-0.3, -0.25) is 9.59 Å². The smallest absolute Gasteiger partial charge is 0.255 e. The molecule has 0 unspecified atom stereocenters. The topological polar surface area (TPSA) is 109 Å². The van der Waals surface area contributed by atoms with E-state index in [1.807, 2.05) is 13.8 Å². The molecule has 3 atom stereocenters. The molecule has 2 heterocycles. The number of carbonyl (C=O) groups excluding carboxylic acids is 2. The zero-order chi connectivity index (χ0) is 27.0. The van der Waals surface area contributed by atoms with Gasteiger partial charge in [0.1, 0.15) is 29.1 Å². The minimum atomic E-state index is -0.391. The number of amides is 2. The van der Waals surface area contributed by atoms with Crippen molar-refractivity contribution in [1.29, 1.82) is 0 Å². The van der Waals surface area contributed by atoms with Crippen molar-refractivity contribution >= 4 is 22.8 Å². The van der Waals surface area contributed by atoms with E-state index in [0.29, 0.717) is 58.2 Å². The van der Waals surface area contributed by atoms with Crippen molar-refractivity contribution in [3.05, 3.63) is 41.1 Å². The number of fused-ring (bicyclic) bond motifs is 1. The number of halogens is 1. The molecule has 202 valence electrons. The largest absolute Gasteiger partial charge is 0.492 e. The SMILES string of the molecule is CCC(=O)N[C@@H]1CC[C@@H](NC(=O)c2c(C)[nH]c3c(-c4c(OCC5CC5)ccc(C)c4F)ncnc23)[C@H](C)C1. The Hall–Kier alpha value is -3.49. The summed E-state index contributed by atoms with van der Waals surface area (Å²) in [5.74, 6) is 0.609. The third-order valence-corrected chi connectivity index (χ3v) is 7.88. The molecule has 2 aromatic heterocycles.